The largest absolute Gasteiger partial charge is 0.127 e. The Morgan fingerprint density at radius 1 is 1.60 bits per heavy atom. The second kappa shape index (κ2) is 3.96. The van der Waals surface area contributed by atoms with Gasteiger partial charge in [-0.25, -0.2) is 0 Å². The summed E-state index contributed by atoms with van der Waals surface area (Å²) in [6.45, 7) is 0. The van der Waals surface area contributed by atoms with E-state index >= 15 is 0 Å². The zero-order valence-corrected chi connectivity index (χ0v) is 8.95. The standard InChI is InChI=1S/C6H5BrCl2S/c7-5-3-4(1-2-8)10-6(5)9/h3H,1-2H2. The Morgan fingerprint density at radius 2 is 2.30 bits per heavy atom. The van der Waals surface area contributed by atoms with Crippen LogP contribution in [0.3, 0.4) is 0 Å². The maximum atomic E-state index is 5.79. The van der Waals surface area contributed by atoms with Crippen molar-refractivity contribution in [3.8, 4) is 0 Å². The lowest BCUT2D eigenvalue weighted by atomic mass is 10.4. The monoisotopic (exact) mass is 258 g/mol. The van der Waals surface area contributed by atoms with Gasteiger partial charge in [-0.05, 0) is 28.4 Å². The van der Waals surface area contributed by atoms with E-state index in [1.807, 2.05) is 6.07 Å². The summed E-state index contributed by atoms with van der Waals surface area (Å²) in [7, 11) is 0. The molecular weight excluding hydrogens is 255 g/mol. The highest BCUT2D eigenvalue weighted by molar-refractivity contribution is 9.10. The fourth-order valence-corrected chi connectivity index (χ4v) is 2.71. The fraction of sp³-hybridized carbons (Fsp3) is 0.333. The molecule has 0 aliphatic carbocycles. The highest BCUT2D eigenvalue weighted by atomic mass is 79.9. The minimum atomic E-state index is 0.656. The third-order valence-electron chi connectivity index (χ3n) is 1.04. The molecule has 1 aromatic rings. The van der Waals surface area contributed by atoms with Gasteiger partial charge in [-0.1, -0.05) is 11.6 Å². The Morgan fingerprint density at radius 3 is 2.70 bits per heavy atom. The van der Waals surface area contributed by atoms with Crippen molar-refractivity contribution in [2.24, 2.45) is 0 Å². The first kappa shape index (κ1) is 8.85. The van der Waals surface area contributed by atoms with Gasteiger partial charge in [0.15, 0.2) is 0 Å². The second-order valence-corrected chi connectivity index (χ2v) is 4.74. The lowest BCUT2D eigenvalue weighted by molar-refractivity contribution is 1.20. The molecule has 1 rings (SSSR count). The van der Waals surface area contributed by atoms with E-state index in [0.717, 1.165) is 15.2 Å². The molecule has 0 nitrogen and oxygen atoms in total. The predicted molar refractivity (Wildman–Crippen MR) is 51.5 cm³/mol. The predicted octanol–water partition coefficient (Wildman–Crippen LogP) is 3.95. The molecule has 56 valence electrons. The zero-order chi connectivity index (χ0) is 7.56. The summed E-state index contributed by atoms with van der Waals surface area (Å²) >= 11 is 16.2. The molecule has 0 saturated heterocycles. The molecule has 0 amide bonds. The molecule has 0 radical (unpaired) electrons. The molecule has 0 saturated carbocycles. The van der Waals surface area contributed by atoms with E-state index in [-0.39, 0.29) is 0 Å². The van der Waals surface area contributed by atoms with Gasteiger partial charge in [-0.3, -0.25) is 0 Å². The van der Waals surface area contributed by atoms with Gasteiger partial charge in [-0.15, -0.1) is 22.9 Å². The Bertz CT molecular complexity index is 202. The Balaban J connectivity index is 2.77. The SMILES string of the molecule is ClCCc1cc(Br)c(Cl)s1. The van der Waals surface area contributed by atoms with Crippen molar-refractivity contribution in [2.75, 3.05) is 5.88 Å². The van der Waals surface area contributed by atoms with Crippen LogP contribution in [0.1, 0.15) is 4.88 Å². The van der Waals surface area contributed by atoms with Gasteiger partial charge in [0.05, 0.1) is 0 Å². The van der Waals surface area contributed by atoms with E-state index in [4.69, 9.17) is 23.2 Å². The first-order valence-corrected chi connectivity index (χ1v) is 5.26. The van der Waals surface area contributed by atoms with Crippen LogP contribution in [0.15, 0.2) is 10.5 Å². The number of aryl methyl sites for hydroxylation is 1. The zero-order valence-electron chi connectivity index (χ0n) is 5.03. The topological polar surface area (TPSA) is 0 Å². The summed E-state index contributed by atoms with van der Waals surface area (Å²) in [6, 6.07) is 2.01. The van der Waals surface area contributed by atoms with E-state index in [2.05, 4.69) is 15.9 Å². The first-order valence-electron chi connectivity index (χ1n) is 2.73. The summed E-state index contributed by atoms with van der Waals surface area (Å²) in [4.78, 5) is 1.23. The molecule has 0 aliphatic rings. The number of hydrogen-bond donors (Lipinski definition) is 0. The second-order valence-electron chi connectivity index (χ2n) is 1.77. The van der Waals surface area contributed by atoms with E-state index in [0.29, 0.717) is 5.88 Å². The van der Waals surface area contributed by atoms with Gasteiger partial charge >= 0.3 is 0 Å². The van der Waals surface area contributed by atoms with E-state index < -0.39 is 0 Å². The average Bonchev–Trinajstić information content (AvgIpc) is 2.14. The Labute approximate surface area is 82.3 Å². The van der Waals surface area contributed by atoms with Crippen LogP contribution >= 0.6 is 50.5 Å². The van der Waals surface area contributed by atoms with Crippen molar-refractivity contribution >= 4 is 50.5 Å². The number of alkyl halides is 1. The molecule has 0 bridgehead atoms. The maximum absolute atomic E-state index is 5.79. The quantitative estimate of drug-likeness (QED) is 0.706. The van der Waals surface area contributed by atoms with Gasteiger partial charge in [-0.2, -0.15) is 0 Å². The molecule has 4 heteroatoms. The van der Waals surface area contributed by atoms with Crippen LogP contribution in [-0.4, -0.2) is 5.88 Å². The number of thiophene rings is 1. The smallest absolute Gasteiger partial charge is 0.107 e. The molecule has 0 unspecified atom stereocenters. The fourth-order valence-electron chi connectivity index (χ4n) is 0.608. The lowest BCUT2D eigenvalue weighted by Gasteiger charge is -1.84. The summed E-state index contributed by atoms with van der Waals surface area (Å²) < 4.78 is 1.78. The van der Waals surface area contributed by atoms with Crippen LogP contribution in [0.4, 0.5) is 0 Å². The normalized spacial score (nSPS) is 10.3. The van der Waals surface area contributed by atoms with Gasteiger partial charge in [0.1, 0.15) is 4.34 Å². The highest BCUT2D eigenvalue weighted by Gasteiger charge is 2.02. The Kier molecular flexibility index (Phi) is 3.50. The molecular formula is C6H5BrCl2S. The molecule has 0 N–H and O–H groups in total. The van der Waals surface area contributed by atoms with Gasteiger partial charge in [0, 0.05) is 15.2 Å². The van der Waals surface area contributed by atoms with Crippen LogP contribution in [0.5, 0.6) is 0 Å². The number of halogens is 3. The van der Waals surface area contributed by atoms with Crippen molar-refractivity contribution in [3.63, 3.8) is 0 Å². The third-order valence-corrected chi connectivity index (χ3v) is 3.76. The average molecular weight is 260 g/mol. The first-order chi connectivity index (χ1) is 4.74. The molecule has 1 aromatic heterocycles. The van der Waals surface area contributed by atoms with Crippen LogP contribution in [0.25, 0.3) is 0 Å². The summed E-state index contributed by atoms with van der Waals surface area (Å²) in [5, 5.41) is 0. The minimum absolute atomic E-state index is 0.656. The maximum Gasteiger partial charge on any atom is 0.107 e. The van der Waals surface area contributed by atoms with Crippen molar-refractivity contribution in [1.82, 2.24) is 0 Å². The van der Waals surface area contributed by atoms with Crippen LogP contribution in [0.2, 0.25) is 4.34 Å². The van der Waals surface area contributed by atoms with Gasteiger partial charge in [0.2, 0.25) is 0 Å². The van der Waals surface area contributed by atoms with Crippen molar-refractivity contribution < 1.29 is 0 Å². The number of hydrogen-bond acceptors (Lipinski definition) is 1. The molecule has 10 heavy (non-hydrogen) atoms. The Hall–Kier alpha value is 0.760. The highest BCUT2D eigenvalue weighted by Crippen LogP contribution is 2.32. The van der Waals surface area contributed by atoms with Crippen LogP contribution < -0.4 is 0 Å². The van der Waals surface area contributed by atoms with Crippen molar-refractivity contribution in [3.05, 3.63) is 19.8 Å². The van der Waals surface area contributed by atoms with E-state index in [9.17, 15) is 0 Å². The summed E-state index contributed by atoms with van der Waals surface area (Å²) in [6.07, 6.45) is 0.900. The third kappa shape index (κ3) is 2.12. The minimum Gasteiger partial charge on any atom is -0.127 e. The van der Waals surface area contributed by atoms with Crippen LogP contribution in [-0.2, 0) is 6.42 Å². The van der Waals surface area contributed by atoms with Crippen molar-refractivity contribution in [2.45, 2.75) is 6.42 Å². The molecule has 0 atom stereocenters. The molecule has 0 aliphatic heterocycles. The molecule has 0 aromatic carbocycles. The molecule has 0 spiro atoms. The van der Waals surface area contributed by atoms with E-state index in [1.165, 1.54) is 4.88 Å². The van der Waals surface area contributed by atoms with Crippen molar-refractivity contribution in [1.29, 1.82) is 0 Å². The summed E-state index contributed by atoms with van der Waals surface area (Å²) in [5.74, 6) is 0.656. The lowest BCUT2D eigenvalue weighted by Crippen LogP contribution is -1.77. The summed E-state index contributed by atoms with van der Waals surface area (Å²) in [5.41, 5.74) is 0. The molecule has 1 heterocycles. The number of rotatable bonds is 2. The van der Waals surface area contributed by atoms with Crippen LogP contribution in [0, 0.1) is 0 Å². The van der Waals surface area contributed by atoms with Gasteiger partial charge < -0.3 is 0 Å². The molecule has 0 fully saturated rings. The van der Waals surface area contributed by atoms with Gasteiger partial charge in [0.25, 0.3) is 0 Å². The van der Waals surface area contributed by atoms with E-state index in [1.54, 1.807) is 11.3 Å².